The predicted molar refractivity (Wildman–Crippen MR) is 98.2 cm³/mol. The number of hydrogen-bond acceptors (Lipinski definition) is 3. The highest BCUT2D eigenvalue weighted by Gasteiger charge is 2.09. The zero-order valence-corrected chi connectivity index (χ0v) is 14.5. The zero-order valence-electron chi connectivity index (χ0n) is 13.8. The molecule has 0 aliphatic carbocycles. The molecular weight excluding hydrogens is 336 g/mol. The summed E-state index contributed by atoms with van der Waals surface area (Å²) >= 11 is 5.99. The van der Waals surface area contributed by atoms with Crippen molar-refractivity contribution in [1.82, 2.24) is 9.55 Å². The highest BCUT2D eigenvalue weighted by Crippen LogP contribution is 2.15. The molecule has 126 valence electrons. The summed E-state index contributed by atoms with van der Waals surface area (Å²) in [7, 11) is 1.67. The number of carbonyl (C=O) groups is 1. The topological polar surface area (TPSA) is 52.0 Å². The molecule has 4 nitrogen and oxygen atoms in total. The highest BCUT2D eigenvalue weighted by atomic mass is 35.5. The normalized spacial score (nSPS) is 10.6. The standard InChI is InChI=1S/C20H17ClN2O2/c1-23-13-16(6-8-20(23)25)11-19(24)18-7-5-15(12-22-18)9-14-3-2-4-17(21)10-14/h2-8,10,12-13H,9,11H2,1H3. The van der Waals surface area contributed by atoms with Gasteiger partial charge in [0, 0.05) is 37.0 Å². The summed E-state index contributed by atoms with van der Waals surface area (Å²) < 4.78 is 1.46. The van der Waals surface area contributed by atoms with Gasteiger partial charge >= 0.3 is 0 Å². The molecule has 25 heavy (non-hydrogen) atoms. The van der Waals surface area contributed by atoms with E-state index in [1.54, 1.807) is 31.6 Å². The quantitative estimate of drug-likeness (QED) is 0.661. The Kier molecular flexibility index (Phi) is 5.10. The van der Waals surface area contributed by atoms with Gasteiger partial charge in [-0.25, -0.2) is 0 Å². The Morgan fingerprint density at radius 1 is 1.08 bits per heavy atom. The van der Waals surface area contributed by atoms with Gasteiger partial charge in [0.25, 0.3) is 0 Å². The largest absolute Gasteiger partial charge is 0.318 e. The molecule has 1 aromatic carbocycles. The van der Waals surface area contributed by atoms with Crippen LogP contribution in [0.1, 0.15) is 27.2 Å². The van der Waals surface area contributed by atoms with Gasteiger partial charge in [0.2, 0.25) is 5.56 Å². The Bertz CT molecular complexity index is 962. The summed E-state index contributed by atoms with van der Waals surface area (Å²) in [4.78, 5) is 28.0. The second kappa shape index (κ2) is 7.45. The third-order valence-corrected chi connectivity index (χ3v) is 4.15. The van der Waals surface area contributed by atoms with Gasteiger partial charge in [0.1, 0.15) is 5.69 Å². The van der Waals surface area contributed by atoms with E-state index >= 15 is 0 Å². The van der Waals surface area contributed by atoms with Crippen LogP contribution in [0.15, 0.2) is 65.7 Å². The first-order valence-electron chi connectivity index (χ1n) is 7.89. The molecule has 0 spiro atoms. The van der Waals surface area contributed by atoms with Crippen molar-refractivity contribution < 1.29 is 4.79 Å². The lowest BCUT2D eigenvalue weighted by molar-refractivity contribution is 0.0988. The molecule has 0 saturated heterocycles. The number of aromatic nitrogens is 2. The van der Waals surface area contributed by atoms with E-state index in [2.05, 4.69) is 4.98 Å². The molecule has 0 aliphatic rings. The van der Waals surface area contributed by atoms with Gasteiger partial charge in [-0.05, 0) is 41.3 Å². The number of carbonyl (C=O) groups excluding carboxylic acids is 1. The fourth-order valence-electron chi connectivity index (χ4n) is 2.61. The van der Waals surface area contributed by atoms with Crippen molar-refractivity contribution in [2.45, 2.75) is 12.8 Å². The minimum atomic E-state index is -0.0975. The highest BCUT2D eigenvalue weighted by molar-refractivity contribution is 6.30. The van der Waals surface area contributed by atoms with E-state index in [9.17, 15) is 9.59 Å². The molecule has 0 unspecified atom stereocenters. The van der Waals surface area contributed by atoms with Crippen LogP contribution >= 0.6 is 11.6 Å². The summed E-state index contributed by atoms with van der Waals surface area (Å²) in [5, 5.41) is 0.703. The molecule has 0 bridgehead atoms. The number of halogens is 1. The number of pyridine rings is 2. The van der Waals surface area contributed by atoms with Gasteiger partial charge in [-0.15, -0.1) is 0 Å². The first-order chi connectivity index (χ1) is 12.0. The molecule has 3 aromatic rings. The minimum Gasteiger partial charge on any atom is -0.318 e. The second-order valence-electron chi connectivity index (χ2n) is 5.94. The Hall–Kier alpha value is -2.72. The minimum absolute atomic E-state index is 0.0760. The zero-order chi connectivity index (χ0) is 17.8. The van der Waals surface area contributed by atoms with Crippen molar-refractivity contribution >= 4 is 17.4 Å². The van der Waals surface area contributed by atoms with E-state index in [-0.39, 0.29) is 17.8 Å². The van der Waals surface area contributed by atoms with Gasteiger partial charge in [-0.2, -0.15) is 0 Å². The first-order valence-corrected chi connectivity index (χ1v) is 8.27. The van der Waals surface area contributed by atoms with Crippen molar-refractivity contribution in [3.05, 3.63) is 98.7 Å². The maximum Gasteiger partial charge on any atom is 0.250 e. The molecule has 2 aromatic heterocycles. The molecule has 0 saturated carbocycles. The average Bonchev–Trinajstić information content (AvgIpc) is 2.59. The van der Waals surface area contributed by atoms with Crippen LogP contribution in [0.4, 0.5) is 0 Å². The second-order valence-corrected chi connectivity index (χ2v) is 6.38. The van der Waals surface area contributed by atoms with Crippen LogP contribution in [0.25, 0.3) is 0 Å². The van der Waals surface area contributed by atoms with Gasteiger partial charge in [0.05, 0.1) is 0 Å². The van der Waals surface area contributed by atoms with Crippen molar-refractivity contribution in [2.75, 3.05) is 0 Å². The van der Waals surface area contributed by atoms with Crippen molar-refractivity contribution in [1.29, 1.82) is 0 Å². The predicted octanol–water partition coefficient (Wildman–Crippen LogP) is 3.45. The van der Waals surface area contributed by atoms with E-state index in [4.69, 9.17) is 11.6 Å². The van der Waals surface area contributed by atoms with Crippen LogP contribution in [0, 0.1) is 0 Å². The fourth-order valence-corrected chi connectivity index (χ4v) is 2.82. The van der Waals surface area contributed by atoms with E-state index in [1.165, 1.54) is 10.6 Å². The van der Waals surface area contributed by atoms with E-state index in [1.807, 2.05) is 30.3 Å². The molecule has 0 N–H and O–H groups in total. The number of benzene rings is 1. The number of rotatable bonds is 5. The summed E-state index contributed by atoms with van der Waals surface area (Å²) in [6.45, 7) is 0. The Morgan fingerprint density at radius 2 is 1.88 bits per heavy atom. The monoisotopic (exact) mass is 352 g/mol. The molecular formula is C20H17ClN2O2. The van der Waals surface area contributed by atoms with Crippen molar-refractivity contribution in [3.8, 4) is 0 Å². The van der Waals surface area contributed by atoms with Crippen LogP contribution in [0.2, 0.25) is 5.02 Å². The van der Waals surface area contributed by atoms with E-state index in [0.29, 0.717) is 17.1 Å². The fraction of sp³-hybridized carbons (Fsp3) is 0.150. The third-order valence-electron chi connectivity index (χ3n) is 3.92. The first kappa shape index (κ1) is 17.1. The number of hydrogen-bond donors (Lipinski definition) is 0. The molecule has 2 heterocycles. The maximum absolute atomic E-state index is 12.4. The molecule has 5 heteroatoms. The number of aryl methyl sites for hydroxylation is 1. The van der Waals surface area contributed by atoms with Crippen LogP contribution in [0.3, 0.4) is 0 Å². The number of ketones is 1. The summed E-state index contributed by atoms with van der Waals surface area (Å²) in [5.41, 5.74) is 3.22. The summed E-state index contributed by atoms with van der Waals surface area (Å²) in [6.07, 6.45) is 4.32. The number of Topliss-reactive ketones (excluding diaryl/α,β-unsaturated/α-hetero) is 1. The van der Waals surface area contributed by atoms with Crippen LogP contribution < -0.4 is 5.56 Å². The molecule has 0 aliphatic heterocycles. The lowest BCUT2D eigenvalue weighted by atomic mass is 10.0. The van der Waals surface area contributed by atoms with Gasteiger partial charge in [0.15, 0.2) is 5.78 Å². The van der Waals surface area contributed by atoms with Gasteiger partial charge in [-0.1, -0.05) is 35.9 Å². The maximum atomic E-state index is 12.4. The SMILES string of the molecule is Cn1cc(CC(=O)c2ccc(Cc3cccc(Cl)c3)cn2)ccc1=O. The van der Waals surface area contributed by atoms with Crippen LogP contribution in [-0.2, 0) is 19.9 Å². The molecule has 0 fully saturated rings. The van der Waals surface area contributed by atoms with Gasteiger partial charge in [-0.3, -0.25) is 14.6 Å². The lowest BCUT2D eigenvalue weighted by Crippen LogP contribution is -2.16. The average molecular weight is 353 g/mol. The van der Waals surface area contributed by atoms with Crippen LogP contribution in [0.5, 0.6) is 0 Å². The molecule has 0 atom stereocenters. The number of nitrogens with zero attached hydrogens (tertiary/aromatic N) is 2. The Balaban J connectivity index is 1.69. The summed E-state index contributed by atoms with van der Waals surface area (Å²) in [6, 6.07) is 14.5. The van der Waals surface area contributed by atoms with Crippen LogP contribution in [-0.4, -0.2) is 15.3 Å². The smallest absolute Gasteiger partial charge is 0.250 e. The van der Waals surface area contributed by atoms with Crippen molar-refractivity contribution in [2.24, 2.45) is 7.05 Å². The third kappa shape index (κ3) is 4.43. The molecule has 3 rings (SSSR count). The van der Waals surface area contributed by atoms with E-state index < -0.39 is 0 Å². The molecule has 0 radical (unpaired) electrons. The Labute approximate surface area is 150 Å². The van der Waals surface area contributed by atoms with E-state index in [0.717, 1.165) is 16.7 Å². The van der Waals surface area contributed by atoms with Crippen molar-refractivity contribution in [3.63, 3.8) is 0 Å². The molecule has 0 amide bonds. The van der Waals surface area contributed by atoms with Gasteiger partial charge < -0.3 is 4.57 Å². The lowest BCUT2D eigenvalue weighted by Gasteiger charge is -2.05. The Morgan fingerprint density at radius 3 is 2.56 bits per heavy atom. The summed E-state index contributed by atoms with van der Waals surface area (Å²) in [5.74, 6) is -0.0760.